The Morgan fingerprint density at radius 1 is 0.868 bits per heavy atom. The monoisotopic (exact) mass is 1260 g/mol. The molecule has 5 fully saturated rings. The number of hydrogen-bond donors (Lipinski definition) is 2. The summed E-state index contributed by atoms with van der Waals surface area (Å²) in [5, 5.41) is 25.7. The van der Waals surface area contributed by atoms with Crippen molar-refractivity contribution in [1.82, 2.24) is 54.5 Å². The number of phenols is 1. The van der Waals surface area contributed by atoms with Crippen molar-refractivity contribution < 1.29 is 37.4 Å². The van der Waals surface area contributed by atoms with E-state index < -0.39 is 37.3 Å². The van der Waals surface area contributed by atoms with Gasteiger partial charge in [0.2, 0.25) is 11.8 Å². The number of fused-ring (bicyclic) bond motifs is 5. The maximum atomic E-state index is 18.5. The highest BCUT2D eigenvalue weighted by Gasteiger charge is 2.50. The van der Waals surface area contributed by atoms with Gasteiger partial charge in [-0.25, -0.2) is 18.2 Å². The number of nitrogens with zero attached hydrogens (tertiary/aromatic N) is 11. The van der Waals surface area contributed by atoms with Gasteiger partial charge in [-0.2, -0.15) is 20.2 Å². The van der Waals surface area contributed by atoms with Crippen molar-refractivity contribution in [2.75, 3.05) is 63.9 Å². The van der Waals surface area contributed by atoms with Crippen LogP contribution >= 0.6 is 0 Å². The van der Waals surface area contributed by atoms with Crippen molar-refractivity contribution >= 4 is 64.2 Å². The molecule has 13 rings (SSSR count). The third-order valence-corrected chi connectivity index (χ3v) is 27.8. The molecule has 21 heteroatoms. The summed E-state index contributed by atoms with van der Waals surface area (Å²) in [6.45, 7) is 21.9. The van der Waals surface area contributed by atoms with Crippen LogP contribution in [0.3, 0.4) is 0 Å². The van der Waals surface area contributed by atoms with Crippen LogP contribution in [0.5, 0.6) is 11.8 Å². The molecule has 0 radical (unpaired) electrons. The standard InChI is InChI=1S/C70H85F3N12O5Si/c1-9-51-55(72)16-13-47-32-50(86)35-54(60(47)51)64-62(73)65-61(56(74-64)22-31-91(41(2)3,42(4)5)43(6)7)66(77-69(76-65)90-40-70-23-10-25-84(70)38-48(71)36-70)83-24-11-26-85-49(39-83)34-57(78-85)68(89)82-29-18-44(19-30-82)37-81-27-20-45(21-28-81)46-12-14-52-58(33-46)80(8)79-63(52)53-15-17-59(87)75-67(53)88/h12-14,16,32-35,41-45,48,53,86H,9-11,15,17-21,23-30,36-40H2,1-8H3,(H,75,87,88)/t48-,53?,70+/m1/s1. The number of imide groups is 1. The second-order valence-electron chi connectivity index (χ2n) is 27.8. The Bertz CT molecular complexity index is 4040. The Morgan fingerprint density at radius 2 is 1.64 bits per heavy atom. The summed E-state index contributed by atoms with van der Waals surface area (Å²) in [5.74, 6) is 2.35. The first-order valence-electron chi connectivity index (χ1n) is 33.3. The molecule has 480 valence electrons. The molecule has 10 heterocycles. The Kier molecular flexibility index (Phi) is 17.1. The number of aryl methyl sites for hydroxylation is 3. The number of carbonyl (C=O) groups excluding carboxylic acids is 3. The topological polar surface area (TPSA) is 180 Å². The molecule has 7 aromatic rings. The number of rotatable bonds is 14. The van der Waals surface area contributed by atoms with Crippen LogP contribution < -0.4 is 15.0 Å². The number of anilines is 1. The summed E-state index contributed by atoms with van der Waals surface area (Å²) in [7, 11) is -0.564. The van der Waals surface area contributed by atoms with E-state index in [0.717, 1.165) is 87.0 Å². The van der Waals surface area contributed by atoms with Gasteiger partial charge in [-0.1, -0.05) is 72.6 Å². The lowest BCUT2D eigenvalue weighted by Gasteiger charge is -2.38. The van der Waals surface area contributed by atoms with E-state index in [2.05, 4.69) is 91.2 Å². The number of alkyl halides is 1. The molecule has 3 aromatic carbocycles. The molecule has 6 aliphatic heterocycles. The molecule has 3 atom stereocenters. The number of piperidine rings is 3. The predicted octanol–water partition coefficient (Wildman–Crippen LogP) is 11.7. The number of phenolic OH excluding ortho intramolecular Hbond substituents is 1. The lowest BCUT2D eigenvalue weighted by atomic mass is 9.87. The van der Waals surface area contributed by atoms with Gasteiger partial charge in [-0.05, 0) is 158 Å². The maximum Gasteiger partial charge on any atom is 0.319 e. The minimum Gasteiger partial charge on any atom is -0.508 e. The van der Waals surface area contributed by atoms with Crippen LogP contribution in [0.4, 0.5) is 19.0 Å². The van der Waals surface area contributed by atoms with E-state index in [9.17, 15) is 19.5 Å². The van der Waals surface area contributed by atoms with Crippen LogP contribution in [0.2, 0.25) is 16.6 Å². The molecule has 3 amide bonds. The lowest BCUT2D eigenvalue weighted by molar-refractivity contribution is -0.134. The van der Waals surface area contributed by atoms with Gasteiger partial charge in [0, 0.05) is 70.1 Å². The molecule has 0 spiro atoms. The van der Waals surface area contributed by atoms with Crippen LogP contribution in [-0.2, 0) is 36.1 Å². The van der Waals surface area contributed by atoms with Crippen molar-refractivity contribution in [2.24, 2.45) is 13.0 Å². The molecule has 4 aromatic heterocycles. The van der Waals surface area contributed by atoms with E-state index in [1.165, 1.54) is 17.7 Å². The Labute approximate surface area is 531 Å². The number of carbonyl (C=O) groups is 3. The van der Waals surface area contributed by atoms with Gasteiger partial charge in [-0.15, -0.1) is 5.54 Å². The summed E-state index contributed by atoms with van der Waals surface area (Å²) in [6.07, 6.45) is 6.49. The number of nitrogens with one attached hydrogen (secondary N) is 1. The Balaban J connectivity index is 0.773. The van der Waals surface area contributed by atoms with Gasteiger partial charge in [0.15, 0.2) is 11.5 Å². The average molecular weight is 1260 g/mol. The van der Waals surface area contributed by atoms with Gasteiger partial charge < -0.3 is 24.5 Å². The molecular weight excluding hydrogens is 1170 g/mol. The lowest BCUT2D eigenvalue weighted by Crippen LogP contribution is -2.43. The largest absolute Gasteiger partial charge is 0.508 e. The smallest absolute Gasteiger partial charge is 0.319 e. The third kappa shape index (κ3) is 11.5. The third-order valence-electron chi connectivity index (χ3n) is 21.5. The normalized spacial score (nSPS) is 21.6. The summed E-state index contributed by atoms with van der Waals surface area (Å²) in [6, 6.07) is 14.2. The number of halogens is 3. The zero-order valence-corrected chi connectivity index (χ0v) is 54.9. The number of aromatic hydroxyl groups is 1. The second-order valence-corrected chi connectivity index (χ2v) is 33.4. The number of benzene rings is 3. The highest BCUT2D eigenvalue weighted by Crippen LogP contribution is 2.45. The fraction of sp³-hybridized carbons (Fsp3) is 0.543. The number of aromatic nitrogens is 7. The fourth-order valence-corrected chi connectivity index (χ4v) is 22.0. The highest BCUT2D eigenvalue weighted by atomic mass is 28.3. The van der Waals surface area contributed by atoms with Crippen molar-refractivity contribution in [1.29, 1.82) is 0 Å². The van der Waals surface area contributed by atoms with E-state index in [1.807, 2.05) is 34.3 Å². The van der Waals surface area contributed by atoms with Gasteiger partial charge in [0.1, 0.15) is 55.1 Å². The first-order chi connectivity index (χ1) is 43.7. The quantitative estimate of drug-likeness (QED) is 0.0597. The van der Waals surface area contributed by atoms with E-state index in [4.69, 9.17) is 29.9 Å². The molecular formula is C70H85F3N12O5Si. The second kappa shape index (κ2) is 24.9. The molecule has 0 saturated carbocycles. The summed E-state index contributed by atoms with van der Waals surface area (Å²) < 4.78 is 59.9. The van der Waals surface area contributed by atoms with Crippen LogP contribution in [0, 0.1) is 29.0 Å². The minimum atomic E-state index is -2.48. The van der Waals surface area contributed by atoms with Crippen LogP contribution in [-0.4, -0.2) is 151 Å². The van der Waals surface area contributed by atoms with Gasteiger partial charge in [0.25, 0.3) is 5.91 Å². The number of pyridine rings is 1. The van der Waals surface area contributed by atoms with Crippen molar-refractivity contribution in [3.8, 4) is 34.5 Å². The van der Waals surface area contributed by atoms with Crippen LogP contribution in [0.15, 0.2) is 48.5 Å². The first-order valence-corrected chi connectivity index (χ1v) is 35.5. The number of ether oxygens (including phenoxy) is 1. The van der Waals surface area contributed by atoms with E-state index in [1.54, 1.807) is 12.1 Å². The molecule has 0 aliphatic carbocycles. The fourth-order valence-electron chi connectivity index (χ4n) is 16.8. The summed E-state index contributed by atoms with van der Waals surface area (Å²) >= 11 is 0. The Morgan fingerprint density at radius 3 is 2.37 bits per heavy atom. The summed E-state index contributed by atoms with van der Waals surface area (Å²) in [5.41, 5.74) is 8.79. The van der Waals surface area contributed by atoms with E-state index in [0.29, 0.717) is 110 Å². The van der Waals surface area contributed by atoms with Gasteiger partial charge in [0.05, 0.1) is 40.3 Å². The molecule has 2 N–H and O–H groups in total. The van der Waals surface area contributed by atoms with E-state index >= 15 is 13.2 Å². The van der Waals surface area contributed by atoms with Gasteiger partial charge >= 0.3 is 6.01 Å². The zero-order valence-electron chi connectivity index (χ0n) is 53.9. The molecule has 0 bridgehead atoms. The molecule has 17 nitrogen and oxygen atoms in total. The molecule has 5 saturated heterocycles. The molecule has 1 unspecified atom stereocenters. The number of amides is 3. The zero-order chi connectivity index (χ0) is 63.8. The first kappa shape index (κ1) is 62.4. The Hall–Kier alpha value is -7.41. The number of hydrogen-bond acceptors (Lipinski definition) is 13. The van der Waals surface area contributed by atoms with Crippen LogP contribution in [0.25, 0.3) is 43.8 Å². The van der Waals surface area contributed by atoms with Crippen molar-refractivity contribution in [2.45, 2.75) is 172 Å². The van der Waals surface area contributed by atoms with Crippen LogP contribution in [0.1, 0.15) is 163 Å². The minimum absolute atomic E-state index is 0.0811. The van der Waals surface area contributed by atoms with Crippen molar-refractivity contribution in [3.05, 3.63) is 94.1 Å². The highest BCUT2D eigenvalue weighted by molar-refractivity contribution is 6.90. The predicted molar refractivity (Wildman–Crippen MR) is 348 cm³/mol. The van der Waals surface area contributed by atoms with E-state index in [-0.39, 0.29) is 81.7 Å². The molecule has 6 aliphatic rings. The maximum absolute atomic E-state index is 18.5. The number of likely N-dealkylation sites (tertiary alicyclic amines) is 2. The SMILES string of the molecule is CCc1c(F)ccc2cc(O)cc(-c3nc(C#C[Si](C(C)C)(C(C)C)C(C)C)c4c(N5CCCn6nc(C(=O)N7CCC(CN8CCC(c9ccc%10c(C%11CCC(=O)NC%11=O)nn(C)c%10c9)CC8)CC7)cc6C5)nc(OC[C@@]56CCCN5C[C@H](F)C6)nc4c3F)c12. The van der Waals surface area contributed by atoms with Gasteiger partial charge in [-0.3, -0.25) is 34.0 Å². The average Bonchev–Trinajstić information content (AvgIpc) is 1.46. The summed E-state index contributed by atoms with van der Waals surface area (Å²) in [4.78, 5) is 63.2. The van der Waals surface area contributed by atoms with Crippen molar-refractivity contribution in [3.63, 3.8) is 0 Å². The molecule has 91 heavy (non-hydrogen) atoms.